The molecular formula is C15H24N2O. The van der Waals surface area contributed by atoms with Crippen LogP contribution < -0.4 is 5.32 Å². The molecule has 0 aliphatic carbocycles. The van der Waals surface area contributed by atoms with E-state index in [1.165, 1.54) is 5.56 Å². The highest BCUT2D eigenvalue weighted by atomic mass is 16.1. The van der Waals surface area contributed by atoms with Crippen molar-refractivity contribution in [3.8, 4) is 0 Å². The van der Waals surface area contributed by atoms with Crippen molar-refractivity contribution < 1.29 is 4.79 Å². The van der Waals surface area contributed by atoms with Crippen LogP contribution in [0.15, 0.2) is 24.3 Å². The summed E-state index contributed by atoms with van der Waals surface area (Å²) < 4.78 is 0. The molecule has 0 fully saturated rings. The van der Waals surface area contributed by atoms with Crippen molar-refractivity contribution in [2.45, 2.75) is 19.8 Å². The van der Waals surface area contributed by atoms with Gasteiger partial charge in [-0.2, -0.15) is 0 Å². The van der Waals surface area contributed by atoms with Crippen LogP contribution >= 0.6 is 0 Å². The van der Waals surface area contributed by atoms with Crippen LogP contribution in [0.3, 0.4) is 0 Å². The van der Waals surface area contributed by atoms with Gasteiger partial charge in [-0.05, 0) is 25.6 Å². The van der Waals surface area contributed by atoms with E-state index < -0.39 is 0 Å². The van der Waals surface area contributed by atoms with Gasteiger partial charge in [0.15, 0.2) is 5.78 Å². The Balaban J connectivity index is 2.42. The Hall–Kier alpha value is -1.19. The molecule has 1 N–H and O–H groups in total. The zero-order chi connectivity index (χ0) is 13.5. The number of carbonyl (C=O) groups excluding carboxylic acids is 1. The second-order valence-electron chi connectivity index (χ2n) is 5.18. The van der Waals surface area contributed by atoms with Gasteiger partial charge in [0.1, 0.15) is 0 Å². The van der Waals surface area contributed by atoms with Crippen molar-refractivity contribution in [3.05, 3.63) is 35.4 Å². The first-order valence-corrected chi connectivity index (χ1v) is 6.49. The first-order valence-electron chi connectivity index (χ1n) is 6.49. The highest BCUT2D eigenvalue weighted by Crippen LogP contribution is 2.14. The summed E-state index contributed by atoms with van der Waals surface area (Å²) in [6.45, 7) is 6.50. The van der Waals surface area contributed by atoms with Crippen LogP contribution in [0.4, 0.5) is 0 Å². The molecule has 0 aliphatic rings. The minimum atomic E-state index is 0.157. The Morgan fingerprint density at radius 3 is 2.33 bits per heavy atom. The Bertz CT molecular complexity index is 369. The van der Waals surface area contributed by atoms with E-state index in [1.807, 2.05) is 38.4 Å². The molecule has 0 saturated carbocycles. The van der Waals surface area contributed by atoms with E-state index in [1.54, 1.807) is 0 Å². The van der Waals surface area contributed by atoms with Crippen molar-refractivity contribution in [1.29, 1.82) is 0 Å². The maximum atomic E-state index is 11.9. The average molecular weight is 248 g/mol. The average Bonchev–Trinajstić information content (AvgIpc) is 2.34. The van der Waals surface area contributed by atoms with Gasteiger partial charge in [0, 0.05) is 18.7 Å². The van der Waals surface area contributed by atoms with Crippen molar-refractivity contribution in [2.24, 2.45) is 0 Å². The zero-order valence-corrected chi connectivity index (χ0v) is 11.9. The third kappa shape index (κ3) is 4.98. The molecule has 0 bridgehead atoms. The molecule has 0 spiro atoms. The van der Waals surface area contributed by atoms with Gasteiger partial charge < -0.3 is 10.2 Å². The molecule has 18 heavy (non-hydrogen) atoms. The van der Waals surface area contributed by atoms with Crippen LogP contribution in [-0.2, 0) is 0 Å². The molecule has 0 amide bonds. The fourth-order valence-electron chi connectivity index (χ4n) is 1.66. The Morgan fingerprint density at radius 1 is 1.22 bits per heavy atom. The molecule has 100 valence electrons. The number of hydrogen-bond donors (Lipinski definition) is 1. The minimum Gasteiger partial charge on any atom is -0.308 e. The third-order valence-corrected chi connectivity index (χ3v) is 2.92. The summed E-state index contributed by atoms with van der Waals surface area (Å²) in [5.74, 6) is 0.663. The number of benzene rings is 1. The van der Waals surface area contributed by atoms with Gasteiger partial charge in [0.2, 0.25) is 0 Å². The second kappa shape index (κ2) is 7.29. The van der Waals surface area contributed by atoms with Crippen LogP contribution in [0.2, 0.25) is 0 Å². The Morgan fingerprint density at radius 2 is 1.83 bits per heavy atom. The lowest BCUT2D eigenvalue weighted by Gasteiger charge is -2.10. The SMILES string of the molecule is CC(C)c1ccc(C(=O)CNCCN(C)C)cc1. The van der Waals surface area contributed by atoms with Crippen LogP contribution in [0.5, 0.6) is 0 Å². The molecule has 1 rings (SSSR count). The van der Waals surface area contributed by atoms with Crippen molar-refractivity contribution in [1.82, 2.24) is 10.2 Å². The molecule has 0 atom stereocenters. The van der Waals surface area contributed by atoms with E-state index in [-0.39, 0.29) is 5.78 Å². The van der Waals surface area contributed by atoms with Crippen molar-refractivity contribution in [3.63, 3.8) is 0 Å². The summed E-state index contributed by atoms with van der Waals surface area (Å²) in [7, 11) is 4.04. The predicted molar refractivity (Wildman–Crippen MR) is 76.3 cm³/mol. The van der Waals surface area contributed by atoms with Crippen LogP contribution in [0.1, 0.15) is 35.7 Å². The summed E-state index contributed by atoms with van der Waals surface area (Å²) >= 11 is 0. The number of hydrogen-bond acceptors (Lipinski definition) is 3. The summed E-state index contributed by atoms with van der Waals surface area (Å²) in [6, 6.07) is 7.92. The lowest BCUT2D eigenvalue weighted by molar-refractivity contribution is 0.0990. The largest absolute Gasteiger partial charge is 0.308 e. The maximum Gasteiger partial charge on any atom is 0.176 e. The van der Waals surface area contributed by atoms with E-state index in [4.69, 9.17) is 0 Å². The third-order valence-electron chi connectivity index (χ3n) is 2.92. The van der Waals surface area contributed by atoms with Gasteiger partial charge in [-0.3, -0.25) is 4.79 Å². The summed E-state index contributed by atoms with van der Waals surface area (Å²) in [5.41, 5.74) is 2.06. The standard InChI is InChI=1S/C15H24N2O/c1-12(2)13-5-7-14(8-6-13)15(18)11-16-9-10-17(3)4/h5-8,12,16H,9-11H2,1-4H3. The van der Waals surface area contributed by atoms with Crippen LogP contribution in [-0.4, -0.2) is 44.4 Å². The van der Waals surface area contributed by atoms with Gasteiger partial charge in [0.25, 0.3) is 0 Å². The van der Waals surface area contributed by atoms with Gasteiger partial charge in [0.05, 0.1) is 6.54 Å². The highest BCUT2D eigenvalue weighted by Gasteiger charge is 2.06. The molecule has 3 nitrogen and oxygen atoms in total. The minimum absolute atomic E-state index is 0.157. The fraction of sp³-hybridized carbons (Fsp3) is 0.533. The van der Waals surface area contributed by atoms with E-state index in [9.17, 15) is 4.79 Å². The smallest absolute Gasteiger partial charge is 0.176 e. The Labute approximate surface area is 110 Å². The lowest BCUT2D eigenvalue weighted by Crippen LogP contribution is -2.30. The van der Waals surface area contributed by atoms with E-state index in [0.717, 1.165) is 18.7 Å². The second-order valence-corrected chi connectivity index (χ2v) is 5.18. The predicted octanol–water partition coefficient (Wildman–Crippen LogP) is 2.14. The number of carbonyl (C=O) groups is 1. The molecule has 0 aliphatic heterocycles. The number of rotatable bonds is 7. The van der Waals surface area contributed by atoms with Gasteiger partial charge in [-0.15, -0.1) is 0 Å². The first-order chi connectivity index (χ1) is 8.50. The molecule has 0 saturated heterocycles. The normalized spacial score (nSPS) is 11.2. The zero-order valence-electron chi connectivity index (χ0n) is 11.9. The van der Waals surface area contributed by atoms with Gasteiger partial charge in [-0.25, -0.2) is 0 Å². The quantitative estimate of drug-likeness (QED) is 0.593. The first kappa shape index (κ1) is 14.9. The molecule has 0 unspecified atom stereocenters. The summed E-state index contributed by atoms with van der Waals surface area (Å²) in [6.07, 6.45) is 0. The van der Waals surface area contributed by atoms with Gasteiger partial charge in [-0.1, -0.05) is 38.1 Å². The molecule has 0 aromatic heterocycles. The molecule has 1 aromatic carbocycles. The van der Waals surface area contributed by atoms with Crippen molar-refractivity contribution >= 4 is 5.78 Å². The number of nitrogens with one attached hydrogen (secondary N) is 1. The van der Waals surface area contributed by atoms with Crippen molar-refractivity contribution in [2.75, 3.05) is 33.7 Å². The molecule has 0 radical (unpaired) electrons. The number of Topliss-reactive ketones (excluding diaryl/α,β-unsaturated/α-hetero) is 1. The van der Waals surface area contributed by atoms with Gasteiger partial charge >= 0.3 is 0 Å². The summed E-state index contributed by atoms with van der Waals surface area (Å²) in [4.78, 5) is 14.0. The number of nitrogens with zero attached hydrogens (tertiary/aromatic N) is 1. The molecular weight excluding hydrogens is 224 g/mol. The van der Waals surface area contributed by atoms with Crippen LogP contribution in [0, 0.1) is 0 Å². The molecule has 0 heterocycles. The van der Waals surface area contributed by atoms with E-state index >= 15 is 0 Å². The lowest BCUT2D eigenvalue weighted by atomic mass is 10.0. The van der Waals surface area contributed by atoms with Crippen LogP contribution in [0.25, 0.3) is 0 Å². The Kier molecular flexibility index (Phi) is 6.02. The topological polar surface area (TPSA) is 32.3 Å². The van der Waals surface area contributed by atoms with E-state index in [2.05, 4.69) is 24.1 Å². The number of ketones is 1. The maximum absolute atomic E-state index is 11.9. The molecule has 3 heteroatoms. The summed E-state index contributed by atoms with van der Waals surface area (Å²) in [5, 5.41) is 3.16. The number of likely N-dealkylation sites (N-methyl/N-ethyl adjacent to an activating group) is 1. The molecule has 1 aromatic rings. The van der Waals surface area contributed by atoms with E-state index in [0.29, 0.717) is 12.5 Å². The monoisotopic (exact) mass is 248 g/mol. The fourth-order valence-corrected chi connectivity index (χ4v) is 1.66. The highest BCUT2D eigenvalue weighted by molar-refractivity contribution is 5.97.